The highest BCUT2D eigenvalue weighted by Crippen LogP contribution is 2.39. The van der Waals surface area contributed by atoms with E-state index >= 15 is 0 Å². The fourth-order valence-electron chi connectivity index (χ4n) is 3.22. The Bertz CT molecular complexity index is 1320. The lowest BCUT2D eigenvalue weighted by molar-refractivity contribution is -0.118. The van der Waals surface area contributed by atoms with Gasteiger partial charge in [0.2, 0.25) is 0 Å². The minimum Gasteiger partial charge on any atom is -0.493 e. The Morgan fingerprint density at radius 3 is 2.54 bits per heavy atom. The molecule has 1 aliphatic rings. The van der Waals surface area contributed by atoms with Crippen LogP contribution in [0.2, 0.25) is 0 Å². The summed E-state index contributed by atoms with van der Waals surface area (Å²) in [6.07, 6.45) is 1.72. The van der Waals surface area contributed by atoms with E-state index in [1.165, 1.54) is 48.0 Å². The average Bonchev–Trinajstić information content (AvgIpc) is 3.13. The Labute approximate surface area is 219 Å². The molecule has 1 N–H and O–H groups in total. The smallest absolute Gasteiger partial charge is 0.270 e. The average molecular weight is 573 g/mol. The first kappa shape index (κ1) is 24.9. The van der Waals surface area contributed by atoms with Gasteiger partial charge < -0.3 is 14.8 Å². The predicted molar refractivity (Wildman–Crippen MR) is 143 cm³/mol. The van der Waals surface area contributed by atoms with E-state index in [1.54, 1.807) is 18.2 Å². The van der Waals surface area contributed by atoms with Crippen LogP contribution >= 0.6 is 39.9 Å². The molecule has 4 rings (SSSR count). The monoisotopic (exact) mass is 572 g/mol. The molecular weight excluding hydrogens is 555 g/mol. The van der Waals surface area contributed by atoms with Gasteiger partial charge in [0.05, 0.1) is 17.7 Å². The number of thioether (sulfide) groups is 1. The summed E-state index contributed by atoms with van der Waals surface area (Å²) in [5.41, 5.74) is 1.84. The third-order valence-electron chi connectivity index (χ3n) is 4.86. The Kier molecular flexibility index (Phi) is 7.84. The third kappa shape index (κ3) is 5.90. The SMILES string of the molecule is COc1cc(/C=C2/SC(=S)N(c3ccccc3)C2=O)c(Br)cc1OCC(=O)Nc1ccc(F)cc1. The second kappa shape index (κ2) is 11.0. The summed E-state index contributed by atoms with van der Waals surface area (Å²) in [5, 5.41) is 2.63. The second-order valence-electron chi connectivity index (χ2n) is 7.22. The highest BCUT2D eigenvalue weighted by atomic mass is 79.9. The number of carbonyl (C=O) groups is 2. The molecule has 0 aliphatic carbocycles. The Morgan fingerprint density at radius 1 is 1.14 bits per heavy atom. The highest BCUT2D eigenvalue weighted by molar-refractivity contribution is 9.10. The Balaban J connectivity index is 1.49. The summed E-state index contributed by atoms with van der Waals surface area (Å²) in [6.45, 7) is -0.282. The van der Waals surface area contributed by atoms with E-state index in [-0.39, 0.29) is 12.5 Å². The number of hydrogen-bond acceptors (Lipinski definition) is 6. The maximum absolute atomic E-state index is 13.0. The molecule has 1 saturated heterocycles. The van der Waals surface area contributed by atoms with Crippen molar-refractivity contribution in [3.05, 3.63) is 87.5 Å². The van der Waals surface area contributed by atoms with Crippen LogP contribution in [0.3, 0.4) is 0 Å². The molecule has 178 valence electrons. The minimum atomic E-state index is -0.413. The molecule has 0 spiro atoms. The van der Waals surface area contributed by atoms with Crippen LogP contribution in [0, 0.1) is 5.82 Å². The van der Waals surface area contributed by atoms with Crippen molar-refractivity contribution in [3.8, 4) is 11.5 Å². The van der Waals surface area contributed by atoms with Gasteiger partial charge in [0, 0.05) is 10.2 Å². The summed E-state index contributed by atoms with van der Waals surface area (Å²) in [7, 11) is 1.48. The molecule has 10 heteroatoms. The number of benzene rings is 3. The first-order valence-electron chi connectivity index (χ1n) is 10.2. The van der Waals surface area contributed by atoms with Crippen LogP contribution in [0.1, 0.15) is 5.56 Å². The molecule has 0 bridgehead atoms. The molecule has 1 heterocycles. The standard InChI is InChI=1S/C25H18BrFN2O4S2/c1-32-20-11-15(12-22-24(31)29(25(34)35-22)18-5-3-2-4-6-18)19(26)13-21(20)33-14-23(30)28-17-9-7-16(27)8-10-17/h2-13H,14H2,1H3,(H,28,30)/b22-12+. The van der Waals surface area contributed by atoms with Gasteiger partial charge in [0.15, 0.2) is 22.4 Å². The first-order chi connectivity index (χ1) is 16.9. The maximum atomic E-state index is 13.0. The molecule has 0 unspecified atom stereocenters. The molecule has 0 radical (unpaired) electrons. The lowest BCUT2D eigenvalue weighted by atomic mass is 10.1. The first-order valence-corrected chi connectivity index (χ1v) is 12.3. The van der Waals surface area contributed by atoms with E-state index in [1.807, 2.05) is 30.3 Å². The molecule has 35 heavy (non-hydrogen) atoms. The molecular formula is C25H18BrFN2O4S2. The molecule has 2 amide bonds. The summed E-state index contributed by atoms with van der Waals surface area (Å²) >= 11 is 10.1. The number of methoxy groups -OCH3 is 1. The summed E-state index contributed by atoms with van der Waals surface area (Å²) < 4.78 is 25.2. The molecule has 0 atom stereocenters. The number of hydrogen-bond donors (Lipinski definition) is 1. The van der Waals surface area contributed by atoms with Crippen LogP contribution in [-0.2, 0) is 9.59 Å². The molecule has 6 nitrogen and oxygen atoms in total. The van der Waals surface area contributed by atoms with Gasteiger partial charge >= 0.3 is 0 Å². The lowest BCUT2D eigenvalue weighted by Crippen LogP contribution is -2.27. The molecule has 3 aromatic carbocycles. The number of carbonyl (C=O) groups excluding carboxylic acids is 2. The number of amides is 2. The lowest BCUT2D eigenvalue weighted by Gasteiger charge is -2.14. The summed E-state index contributed by atoms with van der Waals surface area (Å²) in [4.78, 5) is 27.2. The van der Waals surface area contributed by atoms with Crippen LogP contribution in [0.15, 0.2) is 76.1 Å². The van der Waals surface area contributed by atoms with Gasteiger partial charge in [-0.05, 0) is 60.2 Å². The van der Waals surface area contributed by atoms with Gasteiger partial charge in [-0.1, -0.05) is 58.1 Å². The van der Waals surface area contributed by atoms with E-state index in [9.17, 15) is 14.0 Å². The van der Waals surface area contributed by atoms with Gasteiger partial charge in [0.1, 0.15) is 5.82 Å². The number of anilines is 2. The third-order valence-corrected chi connectivity index (χ3v) is 6.85. The van der Waals surface area contributed by atoms with Gasteiger partial charge in [0.25, 0.3) is 11.8 Å². The van der Waals surface area contributed by atoms with E-state index in [2.05, 4.69) is 21.2 Å². The van der Waals surface area contributed by atoms with E-state index in [4.69, 9.17) is 21.7 Å². The normalized spacial score (nSPS) is 14.4. The van der Waals surface area contributed by atoms with Crippen LogP contribution in [0.4, 0.5) is 15.8 Å². The fraction of sp³-hybridized carbons (Fsp3) is 0.0800. The predicted octanol–water partition coefficient (Wildman–Crippen LogP) is 6.02. The largest absolute Gasteiger partial charge is 0.493 e. The van der Waals surface area contributed by atoms with E-state index in [0.29, 0.717) is 42.1 Å². The zero-order chi connectivity index (χ0) is 24.9. The topological polar surface area (TPSA) is 67.9 Å². The van der Waals surface area contributed by atoms with Crippen molar-refractivity contribution in [2.75, 3.05) is 23.9 Å². The number of para-hydroxylation sites is 1. The van der Waals surface area contributed by atoms with Gasteiger partial charge in [-0.3, -0.25) is 14.5 Å². The van der Waals surface area contributed by atoms with Crippen molar-refractivity contribution in [2.24, 2.45) is 0 Å². The zero-order valence-corrected chi connectivity index (χ0v) is 21.5. The number of halogens is 2. The summed E-state index contributed by atoms with van der Waals surface area (Å²) in [6, 6.07) is 18.0. The van der Waals surface area contributed by atoms with Crippen LogP contribution in [0.5, 0.6) is 11.5 Å². The minimum absolute atomic E-state index is 0.213. The highest BCUT2D eigenvalue weighted by Gasteiger charge is 2.33. The van der Waals surface area contributed by atoms with Crippen LogP contribution < -0.4 is 19.7 Å². The molecule has 3 aromatic rings. The van der Waals surface area contributed by atoms with E-state index < -0.39 is 11.7 Å². The van der Waals surface area contributed by atoms with Crippen LogP contribution in [-0.4, -0.2) is 29.9 Å². The van der Waals surface area contributed by atoms with Crippen LogP contribution in [0.25, 0.3) is 6.08 Å². The zero-order valence-electron chi connectivity index (χ0n) is 18.3. The van der Waals surface area contributed by atoms with Crippen molar-refractivity contribution < 1.29 is 23.5 Å². The number of nitrogens with one attached hydrogen (secondary N) is 1. The van der Waals surface area contributed by atoms with Crippen molar-refractivity contribution in [3.63, 3.8) is 0 Å². The molecule has 1 fully saturated rings. The van der Waals surface area contributed by atoms with E-state index in [0.717, 1.165) is 0 Å². The summed E-state index contributed by atoms with van der Waals surface area (Å²) in [5.74, 6) is -0.301. The number of ether oxygens (including phenoxy) is 2. The quantitative estimate of drug-likeness (QED) is 0.276. The van der Waals surface area contributed by atoms with Crippen molar-refractivity contribution in [2.45, 2.75) is 0 Å². The maximum Gasteiger partial charge on any atom is 0.270 e. The molecule has 0 aromatic heterocycles. The molecule has 0 saturated carbocycles. The van der Waals surface area contributed by atoms with Gasteiger partial charge in [-0.15, -0.1) is 0 Å². The fourth-order valence-corrected chi connectivity index (χ4v) is 4.94. The second-order valence-corrected chi connectivity index (χ2v) is 9.75. The number of thiocarbonyl (C=S) groups is 1. The van der Waals surface area contributed by atoms with Crippen molar-refractivity contribution >= 4 is 73.5 Å². The Hall–Kier alpha value is -3.21. The van der Waals surface area contributed by atoms with Gasteiger partial charge in [-0.2, -0.15) is 0 Å². The number of nitrogens with zero attached hydrogens (tertiary/aromatic N) is 1. The number of rotatable bonds is 7. The van der Waals surface area contributed by atoms with Crippen molar-refractivity contribution in [1.29, 1.82) is 0 Å². The Morgan fingerprint density at radius 2 is 1.86 bits per heavy atom. The molecule has 1 aliphatic heterocycles. The van der Waals surface area contributed by atoms with Gasteiger partial charge in [-0.25, -0.2) is 4.39 Å². The van der Waals surface area contributed by atoms with Crippen molar-refractivity contribution in [1.82, 2.24) is 0 Å².